The highest BCUT2D eigenvalue weighted by Crippen LogP contribution is 2.27. The molecule has 1 aromatic heterocycles. The summed E-state index contributed by atoms with van der Waals surface area (Å²) in [6.07, 6.45) is 1.48. The largest absolute Gasteiger partial charge is 0.425 e. The zero-order valence-electron chi connectivity index (χ0n) is 13.8. The first kappa shape index (κ1) is 15.6. The Bertz CT molecular complexity index is 846. The first-order valence-corrected chi connectivity index (χ1v) is 8.50. The lowest BCUT2D eigenvalue weighted by Gasteiger charge is -2.15. The molecular weight excluding hydrogens is 314 g/mol. The predicted octanol–water partition coefficient (Wildman–Crippen LogP) is 3.29. The lowest BCUT2D eigenvalue weighted by atomic mass is 10.1. The Morgan fingerprint density at radius 3 is 2.52 bits per heavy atom. The minimum Gasteiger partial charge on any atom is -0.425 e. The molecule has 1 aliphatic heterocycles. The van der Waals surface area contributed by atoms with E-state index in [2.05, 4.69) is 10.2 Å². The number of nitrogens with zero attached hydrogens (tertiary/aromatic N) is 3. The van der Waals surface area contributed by atoms with Gasteiger partial charge in [0.1, 0.15) is 0 Å². The fraction of sp³-hybridized carbons (Fsp3) is 0.250. The highest BCUT2D eigenvalue weighted by Gasteiger charge is 2.31. The number of carbonyl (C=O) groups is 1. The minimum atomic E-state index is 0.0622. The molecule has 1 fully saturated rings. The number of aromatic nitrogens is 2. The van der Waals surface area contributed by atoms with Crippen LogP contribution in [0.2, 0.25) is 0 Å². The van der Waals surface area contributed by atoms with Crippen LogP contribution >= 0.6 is 0 Å². The van der Waals surface area contributed by atoms with Crippen molar-refractivity contribution in [3.8, 4) is 0 Å². The SMILES string of the molecule is O=C(c1ccccc1)N1CC[C@H](c2nnc(Cc3ccccc3)o2)C1. The van der Waals surface area contributed by atoms with Crippen molar-refractivity contribution in [1.29, 1.82) is 0 Å². The molecule has 0 spiro atoms. The molecule has 5 nitrogen and oxygen atoms in total. The van der Waals surface area contributed by atoms with Gasteiger partial charge in [0.05, 0.1) is 12.3 Å². The summed E-state index contributed by atoms with van der Waals surface area (Å²) >= 11 is 0. The number of carbonyl (C=O) groups excluding carboxylic acids is 1. The molecule has 0 N–H and O–H groups in total. The van der Waals surface area contributed by atoms with Crippen LogP contribution in [0.4, 0.5) is 0 Å². The van der Waals surface area contributed by atoms with Gasteiger partial charge in [0.2, 0.25) is 11.8 Å². The molecule has 126 valence electrons. The monoisotopic (exact) mass is 333 g/mol. The van der Waals surface area contributed by atoms with Crippen LogP contribution in [-0.4, -0.2) is 34.1 Å². The smallest absolute Gasteiger partial charge is 0.253 e. The third-order valence-electron chi connectivity index (χ3n) is 4.53. The zero-order chi connectivity index (χ0) is 17.1. The van der Waals surface area contributed by atoms with Gasteiger partial charge < -0.3 is 9.32 Å². The minimum absolute atomic E-state index is 0.0622. The Morgan fingerprint density at radius 1 is 1.04 bits per heavy atom. The summed E-state index contributed by atoms with van der Waals surface area (Å²) in [5.41, 5.74) is 1.86. The number of amides is 1. The van der Waals surface area contributed by atoms with E-state index in [0.29, 0.717) is 24.7 Å². The maximum absolute atomic E-state index is 12.5. The van der Waals surface area contributed by atoms with E-state index in [0.717, 1.165) is 24.1 Å². The molecule has 5 heteroatoms. The van der Waals surface area contributed by atoms with Crippen LogP contribution in [-0.2, 0) is 6.42 Å². The molecule has 2 aromatic carbocycles. The van der Waals surface area contributed by atoms with Crippen LogP contribution < -0.4 is 0 Å². The second-order valence-electron chi connectivity index (χ2n) is 6.30. The van der Waals surface area contributed by atoms with Crippen molar-refractivity contribution in [1.82, 2.24) is 15.1 Å². The normalized spacial score (nSPS) is 17.0. The van der Waals surface area contributed by atoms with E-state index in [1.165, 1.54) is 0 Å². The molecule has 2 heterocycles. The second-order valence-corrected chi connectivity index (χ2v) is 6.30. The standard InChI is InChI=1S/C20H19N3O2/c24-20(16-9-5-2-6-10-16)23-12-11-17(14-23)19-22-21-18(25-19)13-15-7-3-1-4-8-15/h1-10,17H,11-14H2/t17-/m0/s1. The van der Waals surface area contributed by atoms with Gasteiger partial charge in [-0.25, -0.2) is 0 Å². The second kappa shape index (κ2) is 6.89. The van der Waals surface area contributed by atoms with Crippen molar-refractivity contribution in [2.24, 2.45) is 0 Å². The molecule has 1 aliphatic rings. The molecule has 0 bridgehead atoms. The van der Waals surface area contributed by atoms with E-state index in [1.54, 1.807) is 0 Å². The summed E-state index contributed by atoms with van der Waals surface area (Å²) in [6.45, 7) is 1.34. The van der Waals surface area contributed by atoms with Crippen molar-refractivity contribution in [3.63, 3.8) is 0 Å². The van der Waals surface area contributed by atoms with Gasteiger partial charge >= 0.3 is 0 Å². The van der Waals surface area contributed by atoms with Crippen LogP contribution in [0.3, 0.4) is 0 Å². The third kappa shape index (κ3) is 3.45. The lowest BCUT2D eigenvalue weighted by Crippen LogP contribution is -2.28. The van der Waals surface area contributed by atoms with E-state index >= 15 is 0 Å². The molecule has 0 radical (unpaired) electrons. The number of likely N-dealkylation sites (tertiary alicyclic amines) is 1. The molecule has 1 atom stereocenters. The van der Waals surface area contributed by atoms with Gasteiger partial charge in [0.15, 0.2) is 0 Å². The first-order chi connectivity index (χ1) is 12.3. The Morgan fingerprint density at radius 2 is 1.76 bits per heavy atom. The molecule has 1 amide bonds. The van der Waals surface area contributed by atoms with Crippen LogP contribution in [0, 0.1) is 0 Å². The molecule has 0 saturated carbocycles. The van der Waals surface area contributed by atoms with Gasteiger partial charge in [-0.1, -0.05) is 48.5 Å². The van der Waals surface area contributed by atoms with Crippen LogP contribution in [0.1, 0.15) is 40.0 Å². The average Bonchev–Trinajstić information content (AvgIpc) is 3.32. The Hall–Kier alpha value is -2.95. The van der Waals surface area contributed by atoms with Crippen LogP contribution in [0.15, 0.2) is 65.1 Å². The maximum atomic E-state index is 12.5. The number of hydrogen-bond acceptors (Lipinski definition) is 4. The highest BCUT2D eigenvalue weighted by molar-refractivity contribution is 5.94. The number of rotatable bonds is 4. The van der Waals surface area contributed by atoms with Gasteiger partial charge in [0, 0.05) is 18.7 Å². The van der Waals surface area contributed by atoms with Gasteiger partial charge in [-0.2, -0.15) is 0 Å². The Balaban J connectivity index is 1.41. The first-order valence-electron chi connectivity index (χ1n) is 8.50. The van der Waals surface area contributed by atoms with Crippen LogP contribution in [0.25, 0.3) is 0 Å². The fourth-order valence-electron chi connectivity index (χ4n) is 3.18. The summed E-state index contributed by atoms with van der Waals surface area (Å²) in [6, 6.07) is 19.4. The third-order valence-corrected chi connectivity index (χ3v) is 4.53. The van der Waals surface area contributed by atoms with Crippen molar-refractivity contribution < 1.29 is 9.21 Å². The summed E-state index contributed by atoms with van der Waals surface area (Å²) in [7, 11) is 0. The summed E-state index contributed by atoms with van der Waals surface area (Å²) in [5.74, 6) is 1.43. The predicted molar refractivity (Wildman–Crippen MR) is 93.2 cm³/mol. The van der Waals surface area contributed by atoms with Gasteiger partial charge in [0.25, 0.3) is 5.91 Å². The molecular formula is C20H19N3O2. The average molecular weight is 333 g/mol. The summed E-state index contributed by atoms with van der Waals surface area (Å²) in [4.78, 5) is 14.4. The van der Waals surface area contributed by atoms with Crippen molar-refractivity contribution in [2.75, 3.05) is 13.1 Å². The van der Waals surface area contributed by atoms with Gasteiger partial charge in [-0.05, 0) is 24.1 Å². The molecule has 3 aromatic rings. The molecule has 4 rings (SSSR count). The molecule has 0 unspecified atom stereocenters. The molecule has 0 aliphatic carbocycles. The molecule has 25 heavy (non-hydrogen) atoms. The Kier molecular flexibility index (Phi) is 4.29. The summed E-state index contributed by atoms with van der Waals surface area (Å²) in [5, 5.41) is 8.37. The maximum Gasteiger partial charge on any atom is 0.253 e. The van der Waals surface area contributed by atoms with Crippen molar-refractivity contribution >= 4 is 5.91 Å². The van der Waals surface area contributed by atoms with Gasteiger partial charge in [-0.15, -0.1) is 10.2 Å². The number of hydrogen-bond donors (Lipinski definition) is 0. The van der Waals surface area contributed by atoms with E-state index in [-0.39, 0.29) is 11.8 Å². The Labute approximate surface area is 146 Å². The number of benzene rings is 2. The van der Waals surface area contributed by atoms with E-state index in [4.69, 9.17) is 4.42 Å². The highest BCUT2D eigenvalue weighted by atomic mass is 16.4. The van der Waals surface area contributed by atoms with E-state index in [9.17, 15) is 4.79 Å². The van der Waals surface area contributed by atoms with Crippen molar-refractivity contribution in [3.05, 3.63) is 83.6 Å². The van der Waals surface area contributed by atoms with E-state index in [1.807, 2.05) is 65.6 Å². The summed E-state index contributed by atoms with van der Waals surface area (Å²) < 4.78 is 5.85. The quantitative estimate of drug-likeness (QED) is 0.735. The topological polar surface area (TPSA) is 59.2 Å². The lowest BCUT2D eigenvalue weighted by molar-refractivity contribution is 0.0790. The van der Waals surface area contributed by atoms with E-state index < -0.39 is 0 Å². The fourth-order valence-corrected chi connectivity index (χ4v) is 3.18. The van der Waals surface area contributed by atoms with Gasteiger partial charge in [-0.3, -0.25) is 4.79 Å². The van der Waals surface area contributed by atoms with Crippen molar-refractivity contribution in [2.45, 2.75) is 18.8 Å². The molecule has 1 saturated heterocycles. The van der Waals surface area contributed by atoms with Crippen LogP contribution in [0.5, 0.6) is 0 Å². The zero-order valence-corrected chi connectivity index (χ0v) is 13.8.